The van der Waals surface area contributed by atoms with E-state index in [9.17, 15) is 4.79 Å². The number of nitrogens with one attached hydrogen (secondary N) is 1. The molecule has 1 fully saturated rings. The molecule has 1 aliphatic rings. The first-order valence-electron chi connectivity index (χ1n) is 4.27. The second kappa shape index (κ2) is 5.83. The predicted octanol–water partition coefficient (Wildman–Crippen LogP) is 1.16. The second-order valence-corrected chi connectivity index (χ2v) is 3.30. The lowest BCUT2D eigenvalue weighted by Gasteiger charge is -2.18. The zero-order valence-electron chi connectivity index (χ0n) is 7.71. The lowest BCUT2D eigenvalue weighted by Crippen LogP contribution is -2.27. The van der Waals surface area contributed by atoms with Gasteiger partial charge in [-0.2, -0.15) is 0 Å². The minimum absolute atomic E-state index is 0.0255. The summed E-state index contributed by atoms with van der Waals surface area (Å²) in [5.74, 6) is 0. The van der Waals surface area contributed by atoms with Crippen molar-refractivity contribution in [3.05, 3.63) is 0 Å². The Morgan fingerprint density at radius 2 is 2.00 bits per heavy atom. The Labute approximate surface area is 73.1 Å². The number of rotatable bonds is 1. The molecule has 0 radical (unpaired) electrons. The largest absolute Gasteiger partial charge is 0.465 e. The third kappa shape index (κ3) is 7.34. The van der Waals surface area contributed by atoms with Crippen LogP contribution in [0.3, 0.4) is 0 Å². The van der Waals surface area contributed by atoms with Gasteiger partial charge >= 0.3 is 6.09 Å². The van der Waals surface area contributed by atoms with E-state index in [0.29, 0.717) is 6.04 Å². The summed E-state index contributed by atoms with van der Waals surface area (Å²) in [6, 6.07) is 0.590. The average Bonchev–Trinajstić information content (AvgIpc) is 1.81. The highest BCUT2D eigenvalue weighted by Gasteiger charge is 2.09. The molecule has 0 spiro atoms. The van der Waals surface area contributed by atoms with Crippen molar-refractivity contribution in [3.8, 4) is 0 Å². The van der Waals surface area contributed by atoms with Crippen molar-refractivity contribution in [2.75, 3.05) is 0 Å². The van der Waals surface area contributed by atoms with Crippen LogP contribution in [-0.2, 0) is 0 Å². The highest BCUT2D eigenvalue weighted by atomic mass is 16.4. The van der Waals surface area contributed by atoms with Gasteiger partial charge in [0.15, 0.2) is 0 Å². The maximum Gasteiger partial charge on any atom is 0.404 e. The number of amides is 1. The van der Waals surface area contributed by atoms with Crippen LogP contribution in [0.2, 0.25) is 0 Å². The highest BCUT2D eigenvalue weighted by Crippen LogP contribution is 2.14. The summed E-state index contributed by atoms with van der Waals surface area (Å²) in [4.78, 5) is 9.70. The topological polar surface area (TPSA) is 75.3 Å². The minimum Gasteiger partial charge on any atom is -0.465 e. The SMILES string of the molecule is CC(C)NC(=O)O.NC1CCC1. The van der Waals surface area contributed by atoms with Crippen molar-refractivity contribution >= 4 is 6.09 Å². The van der Waals surface area contributed by atoms with Crippen LogP contribution in [0, 0.1) is 0 Å². The van der Waals surface area contributed by atoms with Gasteiger partial charge in [-0.1, -0.05) is 6.42 Å². The van der Waals surface area contributed by atoms with E-state index in [-0.39, 0.29) is 6.04 Å². The van der Waals surface area contributed by atoms with E-state index in [1.807, 2.05) is 0 Å². The summed E-state index contributed by atoms with van der Waals surface area (Å²) >= 11 is 0. The van der Waals surface area contributed by atoms with Crippen molar-refractivity contribution in [2.45, 2.75) is 45.2 Å². The maximum atomic E-state index is 9.70. The molecular weight excluding hydrogens is 156 g/mol. The van der Waals surface area contributed by atoms with Crippen molar-refractivity contribution < 1.29 is 9.90 Å². The average molecular weight is 174 g/mol. The van der Waals surface area contributed by atoms with Gasteiger partial charge in [-0.25, -0.2) is 4.79 Å². The van der Waals surface area contributed by atoms with E-state index in [4.69, 9.17) is 10.8 Å². The van der Waals surface area contributed by atoms with Crippen LogP contribution in [0.15, 0.2) is 0 Å². The van der Waals surface area contributed by atoms with Crippen LogP contribution in [-0.4, -0.2) is 23.3 Å². The Balaban J connectivity index is 0.000000211. The number of nitrogens with two attached hydrogens (primary N) is 1. The molecule has 0 bridgehead atoms. The maximum absolute atomic E-state index is 9.70. The molecule has 12 heavy (non-hydrogen) atoms. The van der Waals surface area contributed by atoms with Gasteiger partial charge in [-0.3, -0.25) is 0 Å². The summed E-state index contributed by atoms with van der Waals surface area (Å²) in [7, 11) is 0. The van der Waals surface area contributed by atoms with E-state index in [1.54, 1.807) is 13.8 Å². The van der Waals surface area contributed by atoms with Crippen molar-refractivity contribution in [1.29, 1.82) is 0 Å². The normalized spacial score (nSPS) is 16.0. The predicted molar refractivity (Wildman–Crippen MR) is 48.1 cm³/mol. The molecule has 4 N–H and O–H groups in total. The van der Waals surface area contributed by atoms with Gasteiger partial charge in [-0.15, -0.1) is 0 Å². The third-order valence-corrected chi connectivity index (χ3v) is 1.56. The minimum atomic E-state index is -0.963. The Kier molecular flexibility index (Phi) is 5.45. The Hall–Kier alpha value is -0.770. The smallest absolute Gasteiger partial charge is 0.404 e. The van der Waals surface area contributed by atoms with E-state index >= 15 is 0 Å². The fourth-order valence-electron chi connectivity index (χ4n) is 0.687. The van der Waals surface area contributed by atoms with Crippen LogP contribution < -0.4 is 11.1 Å². The van der Waals surface area contributed by atoms with Crippen LogP contribution in [0.4, 0.5) is 4.79 Å². The quantitative estimate of drug-likeness (QED) is 0.558. The Morgan fingerprint density at radius 1 is 1.58 bits per heavy atom. The van der Waals surface area contributed by atoms with Crippen LogP contribution in [0.5, 0.6) is 0 Å². The monoisotopic (exact) mass is 174 g/mol. The Morgan fingerprint density at radius 3 is 2.00 bits per heavy atom. The molecule has 1 aliphatic carbocycles. The van der Waals surface area contributed by atoms with Gasteiger partial charge in [0.25, 0.3) is 0 Å². The molecule has 0 aliphatic heterocycles. The van der Waals surface area contributed by atoms with Gasteiger partial charge in [0, 0.05) is 12.1 Å². The fraction of sp³-hybridized carbons (Fsp3) is 0.875. The van der Waals surface area contributed by atoms with Crippen molar-refractivity contribution in [1.82, 2.24) is 5.32 Å². The third-order valence-electron chi connectivity index (χ3n) is 1.56. The van der Waals surface area contributed by atoms with Gasteiger partial charge < -0.3 is 16.2 Å². The number of carboxylic acid groups (broad SMARTS) is 1. The van der Waals surface area contributed by atoms with E-state index in [1.165, 1.54) is 19.3 Å². The van der Waals surface area contributed by atoms with Crippen LogP contribution in [0.1, 0.15) is 33.1 Å². The lowest BCUT2D eigenvalue weighted by molar-refractivity contribution is 0.191. The van der Waals surface area contributed by atoms with E-state index in [0.717, 1.165) is 0 Å². The molecule has 1 saturated carbocycles. The van der Waals surface area contributed by atoms with Gasteiger partial charge in [0.05, 0.1) is 0 Å². The molecule has 1 amide bonds. The van der Waals surface area contributed by atoms with E-state index < -0.39 is 6.09 Å². The van der Waals surface area contributed by atoms with E-state index in [2.05, 4.69) is 5.32 Å². The molecule has 0 aromatic rings. The van der Waals surface area contributed by atoms with Crippen LogP contribution in [0.25, 0.3) is 0 Å². The van der Waals surface area contributed by atoms with Crippen LogP contribution >= 0.6 is 0 Å². The lowest BCUT2D eigenvalue weighted by atomic mass is 9.95. The molecule has 4 heteroatoms. The molecule has 0 aromatic heterocycles. The number of hydrogen-bond acceptors (Lipinski definition) is 2. The molecule has 0 atom stereocenters. The van der Waals surface area contributed by atoms with Crippen molar-refractivity contribution in [3.63, 3.8) is 0 Å². The molecule has 4 nitrogen and oxygen atoms in total. The standard InChI is InChI=1S/C4H9NO2.C4H9N/c1-3(2)5-4(6)7;5-4-2-1-3-4/h3,5H,1-2H3,(H,6,7);4H,1-3,5H2. The molecule has 72 valence electrons. The highest BCUT2D eigenvalue weighted by molar-refractivity contribution is 5.64. The van der Waals surface area contributed by atoms with Crippen molar-refractivity contribution in [2.24, 2.45) is 5.73 Å². The van der Waals surface area contributed by atoms with Gasteiger partial charge in [-0.05, 0) is 26.7 Å². The number of carbonyl (C=O) groups is 1. The number of hydrogen-bond donors (Lipinski definition) is 3. The molecule has 0 aromatic carbocycles. The second-order valence-electron chi connectivity index (χ2n) is 3.30. The van der Waals surface area contributed by atoms with Gasteiger partial charge in [0.2, 0.25) is 0 Å². The first kappa shape index (κ1) is 11.2. The molecular formula is C8H18N2O2. The molecule has 0 saturated heterocycles. The summed E-state index contributed by atoms with van der Waals surface area (Å²) < 4.78 is 0. The zero-order chi connectivity index (χ0) is 9.56. The molecule has 0 unspecified atom stereocenters. The summed E-state index contributed by atoms with van der Waals surface area (Å²) in [5.41, 5.74) is 5.38. The zero-order valence-corrected chi connectivity index (χ0v) is 7.71. The molecule has 0 heterocycles. The summed E-state index contributed by atoms with van der Waals surface area (Å²) in [6.45, 7) is 3.54. The van der Waals surface area contributed by atoms with Gasteiger partial charge in [0.1, 0.15) is 0 Å². The summed E-state index contributed by atoms with van der Waals surface area (Å²) in [6.07, 6.45) is 2.93. The summed E-state index contributed by atoms with van der Waals surface area (Å²) in [5, 5.41) is 10.2. The fourth-order valence-corrected chi connectivity index (χ4v) is 0.687. The molecule has 1 rings (SSSR count). The first-order valence-corrected chi connectivity index (χ1v) is 4.27. The first-order chi connectivity index (χ1) is 5.52. The Bertz CT molecular complexity index is 133.